The molecule has 0 spiro atoms. The molecule has 1 N–H and O–H groups in total. The summed E-state index contributed by atoms with van der Waals surface area (Å²) in [5.74, 6) is 2.09. The zero-order valence-electron chi connectivity index (χ0n) is 9.74. The molecule has 88 valence electrons. The first-order valence-corrected chi connectivity index (χ1v) is 5.17. The Balaban J connectivity index is 2.55. The second kappa shape index (κ2) is 3.87. The van der Waals surface area contributed by atoms with Crippen LogP contribution in [0.25, 0.3) is 0 Å². The Morgan fingerprint density at radius 1 is 1.38 bits per heavy atom. The zero-order chi connectivity index (χ0) is 11.8. The zero-order valence-corrected chi connectivity index (χ0v) is 9.74. The van der Waals surface area contributed by atoms with E-state index in [1.165, 1.54) is 0 Å². The summed E-state index contributed by atoms with van der Waals surface area (Å²) in [4.78, 5) is 0. The van der Waals surface area contributed by atoms with Crippen molar-refractivity contribution >= 4 is 0 Å². The number of aliphatic hydroxyl groups excluding tert-OH is 1. The average molecular weight is 224 g/mol. The van der Waals surface area contributed by atoms with Crippen LogP contribution < -0.4 is 14.2 Å². The maximum absolute atomic E-state index is 9.41. The Bertz CT molecular complexity index is 398. The molecule has 0 saturated carbocycles. The van der Waals surface area contributed by atoms with Crippen LogP contribution in [-0.4, -0.2) is 25.6 Å². The molecule has 0 unspecified atom stereocenters. The Hall–Kier alpha value is -1.42. The van der Waals surface area contributed by atoms with E-state index in [1.807, 2.05) is 19.9 Å². The monoisotopic (exact) mass is 224 g/mol. The lowest BCUT2D eigenvalue weighted by Gasteiger charge is -2.24. The SMILES string of the molecule is COc1cc2c(c(C(C)(C)CO)c1)OCO2. The van der Waals surface area contributed by atoms with Gasteiger partial charge in [-0.2, -0.15) is 0 Å². The molecular weight excluding hydrogens is 208 g/mol. The highest BCUT2D eigenvalue weighted by Gasteiger charge is 2.29. The minimum absolute atomic E-state index is 0.0377. The summed E-state index contributed by atoms with van der Waals surface area (Å²) >= 11 is 0. The minimum Gasteiger partial charge on any atom is -0.497 e. The van der Waals surface area contributed by atoms with Crippen LogP contribution in [0.15, 0.2) is 12.1 Å². The van der Waals surface area contributed by atoms with Gasteiger partial charge >= 0.3 is 0 Å². The van der Waals surface area contributed by atoms with Gasteiger partial charge in [-0.1, -0.05) is 13.8 Å². The predicted octanol–water partition coefficient (Wildman–Crippen LogP) is 1.69. The number of hydrogen-bond donors (Lipinski definition) is 1. The topological polar surface area (TPSA) is 47.9 Å². The second-order valence-corrected chi connectivity index (χ2v) is 4.45. The second-order valence-electron chi connectivity index (χ2n) is 4.45. The minimum atomic E-state index is -0.383. The number of benzene rings is 1. The number of hydrogen-bond acceptors (Lipinski definition) is 4. The number of aliphatic hydroxyl groups is 1. The van der Waals surface area contributed by atoms with Crippen molar-refractivity contribution in [3.8, 4) is 17.2 Å². The van der Waals surface area contributed by atoms with E-state index in [0.29, 0.717) is 17.2 Å². The van der Waals surface area contributed by atoms with Crippen LogP contribution in [0.2, 0.25) is 0 Å². The predicted molar refractivity (Wildman–Crippen MR) is 59.2 cm³/mol. The van der Waals surface area contributed by atoms with Gasteiger partial charge in [-0.3, -0.25) is 0 Å². The molecule has 1 heterocycles. The summed E-state index contributed by atoms with van der Waals surface area (Å²) in [6.45, 7) is 4.15. The molecular formula is C12H16O4. The third kappa shape index (κ3) is 1.69. The Kier molecular flexibility index (Phi) is 2.68. The lowest BCUT2D eigenvalue weighted by molar-refractivity contribution is 0.169. The Morgan fingerprint density at radius 3 is 2.75 bits per heavy atom. The van der Waals surface area contributed by atoms with Crippen molar-refractivity contribution < 1.29 is 19.3 Å². The number of ether oxygens (including phenoxy) is 3. The molecule has 2 rings (SSSR count). The summed E-state index contributed by atoms with van der Waals surface area (Å²) in [6.07, 6.45) is 0. The highest BCUT2D eigenvalue weighted by Crippen LogP contribution is 2.44. The fraction of sp³-hybridized carbons (Fsp3) is 0.500. The van der Waals surface area contributed by atoms with Gasteiger partial charge in [0, 0.05) is 17.0 Å². The maximum atomic E-state index is 9.41. The van der Waals surface area contributed by atoms with Crippen molar-refractivity contribution in [2.75, 3.05) is 20.5 Å². The molecule has 1 aromatic carbocycles. The Labute approximate surface area is 94.8 Å². The van der Waals surface area contributed by atoms with E-state index in [9.17, 15) is 5.11 Å². The molecule has 1 aliphatic heterocycles. The highest BCUT2D eigenvalue weighted by atomic mass is 16.7. The van der Waals surface area contributed by atoms with Gasteiger partial charge in [0.05, 0.1) is 13.7 Å². The average Bonchev–Trinajstić information content (AvgIpc) is 2.75. The van der Waals surface area contributed by atoms with Crippen LogP contribution in [0.5, 0.6) is 17.2 Å². The smallest absolute Gasteiger partial charge is 0.231 e. The first-order chi connectivity index (χ1) is 7.58. The van der Waals surface area contributed by atoms with Crippen molar-refractivity contribution in [1.29, 1.82) is 0 Å². The number of fused-ring (bicyclic) bond motifs is 1. The van der Waals surface area contributed by atoms with Gasteiger partial charge in [-0.25, -0.2) is 0 Å². The van der Waals surface area contributed by atoms with E-state index in [4.69, 9.17) is 14.2 Å². The van der Waals surface area contributed by atoms with E-state index in [2.05, 4.69) is 0 Å². The molecule has 0 fully saturated rings. The summed E-state index contributed by atoms with van der Waals surface area (Å²) in [5.41, 5.74) is 0.522. The third-order valence-electron chi connectivity index (χ3n) is 2.81. The van der Waals surface area contributed by atoms with Crippen molar-refractivity contribution in [2.24, 2.45) is 0 Å². The van der Waals surface area contributed by atoms with Gasteiger partial charge in [0.1, 0.15) is 5.75 Å². The van der Waals surface area contributed by atoms with E-state index in [1.54, 1.807) is 13.2 Å². The van der Waals surface area contributed by atoms with E-state index in [0.717, 1.165) is 5.56 Å². The quantitative estimate of drug-likeness (QED) is 0.848. The number of rotatable bonds is 3. The maximum Gasteiger partial charge on any atom is 0.231 e. The fourth-order valence-corrected chi connectivity index (χ4v) is 1.69. The summed E-state index contributed by atoms with van der Waals surface area (Å²) in [5, 5.41) is 9.41. The summed E-state index contributed by atoms with van der Waals surface area (Å²) < 4.78 is 16.0. The van der Waals surface area contributed by atoms with Crippen molar-refractivity contribution in [2.45, 2.75) is 19.3 Å². The molecule has 0 aliphatic carbocycles. The van der Waals surface area contributed by atoms with Gasteiger partial charge in [0.25, 0.3) is 0 Å². The van der Waals surface area contributed by atoms with Gasteiger partial charge < -0.3 is 19.3 Å². The molecule has 16 heavy (non-hydrogen) atoms. The molecule has 4 heteroatoms. The van der Waals surface area contributed by atoms with E-state index >= 15 is 0 Å². The lowest BCUT2D eigenvalue weighted by atomic mass is 9.84. The molecule has 0 radical (unpaired) electrons. The lowest BCUT2D eigenvalue weighted by Crippen LogP contribution is -2.22. The largest absolute Gasteiger partial charge is 0.497 e. The standard InChI is InChI=1S/C12H16O4/c1-12(2,6-13)9-4-8(14-3)5-10-11(9)16-7-15-10/h4-5,13H,6-7H2,1-3H3. The van der Waals surface area contributed by atoms with Gasteiger partial charge in [-0.15, -0.1) is 0 Å². The third-order valence-corrected chi connectivity index (χ3v) is 2.81. The summed E-state index contributed by atoms with van der Waals surface area (Å²) in [7, 11) is 1.60. The van der Waals surface area contributed by atoms with Crippen molar-refractivity contribution in [3.63, 3.8) is 0 Å². The van der Waals surface area contributed by atoms with Crippen LogP contribution in [-0.2, 0) is 5.41 Å². The summed E-state index contributed by atoms with van der Waals surface area (Å²) in [6, 6.07) is 3.67. The molecule has 4 nitrogen and oxygen atoms in total. The van der Waals surface area contributed by atoms with Gasteiger partial charge in [0.15, 0.2) is 11.5 Å². The van der Waals surface area contributed by atoms with Crippen LogP contribution >= 0.6 is 0 Å². The van der Waals surface area contributed by atoms with Crippen molar-refractivity contribution in [3.05, 3.63) is 17.7 Å². The van der Waals surface area contributed by atoms with Crippen LogP contribution in [0, 0.1) is 0 Å². The van der Waals surface area contributed by atoms with Crippen LogP contribution in [0.3, 0.4) is 0 Å². The fourth-order valence-electron chi connectivity index (χ4n) is 1.69. The van der Waals surface area contributed by atoms with E-state index in [-0.39, 0.29) is 18.8 Å². The molecule has 0 bridgehead atoms. The normalized spacial score (nSPS) is 14.0. The Morgan fingerprint density at radius 2 is 2.12 bits per heavy atom. The molecule has 0 amide bonds. The first kappa shape index (κ1) is 11.1. The van der Waals surface area contributed by atoms with Crippen molar-refractivity contribution in [1.82, 2.24) is 0 Å². The molecule has 0 aromatic heterocycles. The van der Waals surface area contributed by atoms with Gasteiger partial charge in [-0.05, 0) is 6.07 Å². The van der Waals surface area contributed by atoms with Crippen LogP contribution in [0.4, 0.5) is 0 Å². The molecule has 1 aromatic rings. The highest BCUT2D eigenvalue weighted by molar-refractivity contribution is 5.55. The molecule has 0 atom stereocenters. The van der Waals surface area contributed by atoms with Crippen LogP contribution in [0.1, 0.15) is 19.4 Å². The van der Waals surface area contributed by atoms with E-state index < -0.39 is 0 Å². The number of methoxy groups -OCH3 is 1. The molecule has 0 saturated heterocycles. The molecule has 1 aliphatic rings. The van der Waals surface area contributed by atoms with Gasteiger partial charge in [0.2, 0.25) is 6.79 Å². The first-order valence-electron chi connectivity index (χ1n) is 5.17.